The highest BCUT2D eigenvalue weighted by Crippen LogP contribution is 2.34. The summed E-state index contributed by atoms with van der Waals surface area (Å²) in [6.45, 7) is 2.00. The van der Waals surface area contributed by atoms with Gasteiger partial charge in [-0.1, -0.05) is 12.1 Å². The summed E-state index contributed by atoms with van der Waals surface area (Å²) in [5.74, 6) is 1.04. The molecule has 1 aliphatic heterocycles. The number of fused-ring (bicyclic) bond motifs is 1. The van der Waals surface area contributed by atoms with Crippen molar-refractivity contribution in [3.8, 4) is 17.0 Å². The first-order valence-electron chi connectivity index (χ1n) is 9.31. The van der Waals surface area contributed by atoms with Crippen LogP contribution in [0.5, 0.6) is 5.75 Å². The molecule has 2 aromatic heterocycles. The van der Waals surface area contributed by atoms with E-state index in [1.165, 1.54) is 12.8 Å². The third-order valence-electron chi connectivity index (χ3n) is 5.21. The van der Waals surface area contributed by atoms with Gasteiger partial charge in [0, 0.05) is 11.6 Å². The van der Waals surface area contributed by atoms with Crippen LogP contribution >= 0.6 is 0 Å². The number of benzene rings is 1. The lowest BCUT2D eigenvalue weighted by molar-refractivity contribution is 0.352. The Labute approximate surface area is 151 Å². The molecule has 26 heavy (non-hydrogen) atoms. The Morgan fingerprint density at radius 1 is 1.08 bits per heavy atom. The molecule has 2 fully saturated rings. The molecule has 3 heterocycles. The van der Waals surface area contributed by atoms with Gasteiger partial charge in [-0.2, -0.15) is 5.10 Å². The number of nitrogens with zero attached hydrogens (tertiary/aromatic N) is 4. The van der Waals surface area contributed by atoms with E-state index in [2.05, 4.69) is 25.5 Å². The molecular weight excluding hydrogens is 328 g/mol. The molecule has 1 saturated heterocycles. The zero-order valence-corrected chi connectivity index (χ0v) is 14.5. The summed E-state index contributed by atoms with van der Waals surface area (Å²) >= 11 is 0. The van der Waals surface area contributed by atoms with Crippen molar-refractivity contribution in [1.82, 2.24) is 25.3 Å². The molecule has 1 aromatic carbocycles. The highest BCUT2D eigenvalue weighted by molar-refractivity contribution is 5.88. The summed E-state index contributed by atoms with van der Waals surface area (Å²) in [6, 6.07) is 10.1. The quantitative estimate of drug-likeness (QED) is 0.670. The van der Waals surface area contributed by atoms with Crippen molar-refractivity contribution in [2.45, 2.75) is 37.8 Å². The van der Waals surface area contributed by atoms with Crippen LogP contribution < -0.4 is 10.6 Å². The predicted molar refractivity (Wildman–Crippen MR) is 100 cm³/mol. The Morgan fingerprint density at radius 3 is 2.65 bits per heavy atom. The fourth-order valence-corrected chi connectivity index (χ4v) is 3.60. The van der Waals surface area contributed by atoms with E-state index in [-0.39, 0.29) is 5.75 Å². The van der Waals surface area contributed by atoms with Crippen LogP contribution in [0.2, 0.25) is 0 Å². The van der Waals surface area contributed by atoms with Crippen molar-refractivity contribution in [2.24, 2.45) is 0 Å². The van der Waals surface area contributed by atoms with Gasteiger partial charge in [-0.25, -0.2) is 0 Å². The van der Waals surface area contributed by atoms with Gasteiger partial charge in [-0.3, -0.25) is 4.68 Å². The number of para-hydroxylation sites is 1. The molecule has 1 saturated carbocycles. The Kier molecular flexibility index (Phi) is 3.74. The Morgan fingerprint density at radius 2 is 1.88 bits per heavy atom. The number of aromatic hydroxyl groups is 1. The first kappa shape index (κ1) is 15.6. The number of phenolic OH excluding ortho intramolecular Hbond substituents is 1. The average Bonchev–Trinajstić information content (AvgIpc) is 3.43. The van der Waals surface area contributed by atoms with Crippen molar-refractivity contribution < 1.29 is 5.11 Å². The summed E-state index contributed by atoms with van der Waals surface area (Å²) < 4.78 is 2.11. The van der Waals surface area contributed by atoms with E-state index in [9.17, 15) is 5.11 Å². The van der Waals surface area contributed by atoms with E-state index in [1.807, 2.05) is 24.3 Å². The number of piperidine rings is 1. The van der Waals surface area contributed by atoms with Gasteiger partial charge >= 0.3 is 0 Å². The summed E-state index contributed by atoms with van der Waals surface area (Å²) in [5.41, 5.74) is 3.16. The van der Waals surface area contributed by atoms with Crippen LogP contribution in [-0.2, 0) is 0 Å². The highest BCUT2D eigenvalue weighted by Gasteiger charge is 2.27. The molecule has 5 rings (SSSR count). The van der Waals surface area contributed by atoms with Gasteiger partial charge < -0.3 is 15.7 Å². The van der Waals surface area contributed by atoms with E-state index >= 15 is 0 Å². The van der Waals surface area contributed by atoms with Crippen LogP contribution in [0.15, 0.2) is 30.3 Å². The summed E-state index contributed by atoms with van der Waals surface area (Å²) in [5, 5.41) is 30.8. The number of phenols is 1. The van der Waals surface area contributed by atoms with Crippen molar-refractivity contribution >= 4 is 16.9 Å². The van der Waals surface area contributed by atoms with E-state index < -0.39 is 0 Å². The molecule has 3 N–H and O–H groups in total. The number of nitrogens with one attached hydrogen (secondary N) is 2. The maximum atomic E-state index is 10.2. The van der Waals surface area contributed by atoms with Crippen molar-refractivity contribution in [3.63, 3.8) is 0 Å². The molecule has 1 aliphatic carbocycles. The molecule has 0 radical (unpaired) electrons. The van der Waals surface area contributed by atoms with Gasteiger partial charge in [0.15, 0.2) is 11.3 Å². The van der Waals surface area contributed by atoms with Gasteiger partial charge in [0.2, 0.25) is 0 Å². The normalized spacial score (nSPS) is 18.3. The lowest BCUT2D eigenvalue weighted by atomic mass is 10.1. The predicted octanol–water partition coefficient (Wildman–Crippen LogP) is 2.70. The first-order valence-corrected chi connectivity index (χ1v) is 9.31. The van der Waals surface area contributed by atoms with E-state index in [1.54, 1.807) is 6.07 Å². The van der Waals surface area contributed by atoms with Crippen LogP contribution in [0.3, 0.4) is 0 Å². The summed E-state index contributed by atoms with van der Waals surface area (Å²) in [6.07, 6.45) is 4.47. The zero-order chi connectivity index (χ0) is 17.5. The molecular formula is C19H22N6O. The largest absolute Gasteiger partial charge is 0.507 e. The molecule has 2 aliphatic rings. The average molecular weight is 350 g/mol. The minimum atomic E-state index is 0.213. The highest BCUT2D eigenvalue weighted by atomic mass is 16.3. The number of hydrogen-bond acceptors (Lipinski definition) is 6. The molecule has 134 valence electrons. The molecule has 0 atom stereocenters. The van der Waals surface area contributed by atoms with Crippen molar-refractivity contribution in [2.75, 3.05) is 18.4 Å². The zero-order valence-electron chi connectivity index (χ0n) is 14.5. The van der Waals surface area contributed by atoms with Gasteiger partial charge in [0.1, 0.15) is 5.75 Å². The van der Waals surface area contributed by atoms with Gasteiger partial charge in [0.25, 0.3) is 0 Å². The lowest BCUT2D eigenvalue weighted by Gasteiger charge is -2.23. The van der Waals surface area contributed by atoms with Crippen LogP contribution in [0.1, 0.15) is 31.7 Å². The number of hydrogen-bond donors (Lipinski definition) is 3. The summed E-state index contributed by atoms with van der Waals surface area (Å²) in [4.78, 5) is 0. The number of rotatable bonds is 4. The second-order valence-corrected chi connectivity index (χ2v) is 7.17. The first-order chi connectivity index (χ1) is 12.8. The fraction of sp³-hybridized carbons (Fsp3) is 0.421. The molecule has 0 bridgehead atoms. The maximum absolute atomic E-state index is 10.2. The van der Waals surface area contributed by atoms with Crippen LogP contribution in [0, 0.1) is 0 Å². The monoisotopic (exact) mass is 350 g/mol. The van der Waals surface area contributed by atoms with E-state index in [4.69, 9.17) is 5.10 Å². The fourth-order valence-electron chi connectivity index (χ4n) is 3.60. The third-order valence-corrected chi connectivity index (χ3v) is 5.21. The van der Waals surface area contributed by atoms with Crippen LogP contribution in [0.4, 0.5) is 5.82 Å². The SMILES string of the molecule is Oc1ccccc1-c1cc2c(nn1)c(NC1CC1)nn2C1CCNCC1. The molecule has 0 amide bonds. The maximum Gasteiger partial charge on any atom is 0.176 e. The minimum Gasteiger partial charge on any atom is -0.507 e. The van der Waals surface area contributed by atoms with E-state index in [0.29, 0.717) is 23.3 Å². The van der Waals surface area contributed by atoms with Gasteiger partial charge in [-0.05, 0) is 57.0 Å². The van der Waals surface area contributed by atoms with Crippen LogP contribution in [-0.4, -0.2) is 44.2 Å². The molecule has 7 nitrogen and oxygen atoms in total. The third kappa shape index (κ3) is 2.78. The van der Waals surface area contributed by atoms with E-state index in [0.717, 1.165) is 42.8 Å². The van der Waals surface area contributed by atoms with Crippen molar-refractivity contribution in [1.29, 1.82) is 0 Å². The smallest absolute Gasteiger partial charge is 0.176 e. The van der Waals surface area contributed by atoms with Gasteiger partial charge in [0.05, 0.1) is 17.3 Å². The Balaban J connectivity index is 1.63. The standard InChI is InChI=1S/C19H22N6O/c26-17-4-2-1-3-14(17)15-11-16-18(23-22-15)19(21-12-5-6-12)24-25(16)13-7-9-20-10-8-13/h1-4,11-13,20,26H,5-10H2,(H,21,24). The van der Waals surface area contributed by atoms with Crippen molar-refractivity contribution in [3.05, 3.63) is 30.3 Å². The lowest BCUT2D eigenvalue weighted by Crippen LogP contribution is -2.29. The molecule has 0 unspecified atom stereocenters. The molecule has 0 spiro atoms. The second-order valence-electron chi connectivity index (χ2n) is 7.17. The topological polar surface area (TPSA) is 87.9 Å². The summed E-state index contributed by atoms with van der Waals surface area (Å²) in [7, 11) is 0. The Bertz CT molecular complexity index is 942. The molecule has 3 aromatic rings. The number of anilines is 1. The van der Waals surface area contributed by atoms with Crippen LogP contribution in [0.25, 0.3) is 22.3 Å². The van der Waals surface area contributed by atoms with Gasteiger partial charge in [-0.15, -0.1) is 10.2 Å². The minimum absolute atomic E-state index is 0.213. The Hall–Kier alpha value is -2.67. The number of aromatic nitrogens is 4. The second kappa shape index (κ2) is 6.25. The molecule has 7 heteroatoms.